The van der Waals surface area contributed by atoms with Crippen LogP contribution >= 0.6 is 0 Å². The Morgan fingerprint density at radius 2 is 1.83 bits per heavy atom. The highest BCUT2D eigenvalue weighted by Crippen LogP contribution is 2.14. The normalized spacial score (nSPS) is 10.6. The molecule has 0 saturated heterocycles. The minimum Gasteiger partial charge on any atom is -0.228 e. The van der Waals surface area contributed by atoms with Crippen molar-refractivity contribution in [3.63, 3.8) is 0 Å². The molecule has 0 unspecified atom stereocenters. The van der Waals surface area contributed by atoms with Crippen molar-refractivity contribution in [2.24, 2.45) is 0 Å². The number of unbranched alkanes of at least 4 members (excludes halogenated alkanes) is 2. The lowest BCUT2D eigenvalue weighted by Crippen LogP contribution is -2.21. The molecule has 0 atom stereocenters. The van der Waals surface area contributed by atoms with E-state index in [2.05, 4.69) is 18.9 Å². The Labute approximate surface area is 110 Å². The van der Waals surface area contributed by atoms with Crippen molar-refractivity contribution in [3.8, 4) is 12.0 Å². The number of benzene rings is 1. The van der Waals surface area contributed by atoms with E-state index >= 15 is 0 Å². The predicted octanol–water partition coefficient (Wildman–Crippen LogP) is 2.77. The highest BCUT2D eigenvalue weighted by Gasteiger charge is 2.17. The standard InChI is InChI=1S/C14H19NO2S/c1-4-5-6-7-12-15(3)18(16,17)14-10-8-13(2)9-11-14/h8-11H,4-6H2,1-3H3. The minimum absolute atomic E-state index is 0.278. The van der Waals surface area contributed by atoms with E-state index in [1.807, 2.05) is 6.92 Å². The molecule has 0 aliphatic rings. The van der Waals surface area contributed by atoms with Gasteiger partial charge in [-0.15, -0.1) is 0 Å². The topological polar surface area (TPSA) is 37.4 Å². The van der Waals surface area contributed by atoms with E-state index in [1.165, 1.54) is 7.05 Å². The van der Waals surface area contributed by atoms with Crippen molar-refractivity contribution in [3.05, 3.63) is 29.8 Å². The zero-order valence-electron chi connectivity index (χ0n) is 11.1. The molecule has 0 radical (unpaired) electrons. The maximum absolute atomic E-state index is 12.1. The summed E-state index contributed by atoms with van der Waals surface area (Å²) in [4.78, 5) is 0.278. The number of sulfonamides is 1. The molecule has 3 nitrogen and oxygen atoms in total. The summed E-state index contributed by atoms with van der Waals surface area (Å²) >= 11 is 0. The van der Waals surface area contributed by atoms with Crippen LogP contribution in [0.3, 0.4) is 0 Å². The van der Waals surface area contributed by atoms with Crippen molar-refractivity contribution in [1.82, 2.24) is 4.31 Å². The van der Waals surface area contributed by atoms with Gasteiger partial charge in [-0.2, -0.15) is 0 Å². The molecule has 0 aliphatic heterocycles. The van der Waals surface area contributed by atoms with Crippen LogP contribution in [0.25, 0.3) is 0 Å². The van der Waals surface area contributed by atoms with E-state index < -0.39 is 10.0 Å². The van der Waals surface area contributed by atoms with Gasteiger partial charge in [0.25, 0.3) is 10.0 Å². The van der Waals surface area contributed by atoms with Crippen molar-refractivity contribution in [1.29, 1.82) is 0 Å². The van der Waals surface area contributed by atoms with Crippen LogP contribution in [0.1, 0.15) is 31.7 Å². The SMILES string of the molecule is CCCCC#CN(C)S(=O)(=O)c1ccc(C)cc1. The lowest BCUT2D eigenvalue weighted by atomic mass is 10.2. The maximum Gasteiger partial charge on any atom is 0.270 e. The summed E-state index contributed by atoms with van der Waals surface area (Å²) in [6, 6.07) is 9.44. The van der Waals surface area contributed by atoms with E-state index in [9.17, 15) is 8.42 Å². The fraction of sp³-hybridized carbons (Fsp3) is 0.429. The van der Waals surface area contributed by atoms with Crippen LogP contribution in [0, 0.1) is 18.9 Å². The second-order valence-electron chi connectivity index (χ2n) is 4.18. The van der Waals surface area contributed by atoms with Gasteiger partial charge in [0.15, 0.2) is 0 Å². The van der Waals surface area contributed by atoms with Gasteiger partial charge in [0, 0.05) is 19.5 Å². The maximum atomic E-state index is 12.1. The monoisotopic (exact) mass is 265 g/mol. The van der Waals surface area contributed by atoms with Crippen LogP contribution in [0.4, 0.5) is 0 Å². The van der Waals surface area contributed by atoms with Gasteiger partial charge in [0.1, 0.15) is 0 Å². The molecular weight excluding hydrogens is 246 g/mol. The first-order chi connectivity index (χ1) is 8.48. The van der Waals surface area contributed by atoms with Crippen LogP contribution in [-0.2, 0) is 10.0 Å². The number of hydrogen-bond donors (Lipinski definition) is 0. The van der Waals surface area contributed by atoms with Gasteiger partial charge in [-0.3, -0.25) is 0 Å². The average Bonchev–Trinajstić information content (AvgIpc) is 2.35. The zero-order chi connectivity index (χ0) is 13.6. The summed E-state index contributed by atoms with van der Waals surface area (Å²) < 4.78 is 25.4. The zero-order valence-corrected chi connectivity index (χ0v) is 11.9. The van der Waals surface area contributed by atoms with E-state index in [-0.39, 0.29) is 4.90 Å². The van der Waals surface area contributed by atoms with Crippen LogP contribution in [-0.4, -0.2) is 19.8 Å². The predicted molar refractivity (Wildman–Crippen MR) is 73.4 cm³/mol. The Balaban J connectivity index is 2.85. The van der Waals surface area contributed by atoms with Crippen molar-refractivity contribution in [2.45, 2.75) is 38.0 Å². The third kappa shape index (κ3) is 3.78. The van der Waals surface area contributed by atoms with Gasteiger partial charge in [-0.25, -0.2) is 12.7 Å². The molecule has 0 heterocycles. The Kier molecular flexibility index (Phi) is 5.24. The van der Waals surface area contributed by atoms with Gasteiger partial charge < -0.3 is 0 Å². The summed E-state index contributed by atoms with van der Waals surface area (Å²) in [5.74, 6) is 2.87. The number of hydrogen-bond acceptors (Lipinski definition) is 2. The molecule has 0 saturated carbocycles. The molecule has 0 spiro atoms. The van der Waals surface area contributed by atoms with Crippen molar-refractivity contribution >= 4 is 10.0 Å². The largest absolute Gasteiger partial charge is 0.270 e. The molecule has 0 fully saturated rings. The van der Waals surface area contributed by atoms with Crippen LogP contribution in [0.5, 0.6) is 0 Å². The first-order valence-electron chi connectivity index (χ1n) is 6.02. The average molecular weight is 265 g/mol. The molecule has 1 aromatic carbocycles. The van der Waals surface area contributed by atoms with Crippen molar-refractivity contribution in [2.75, 3.05) is 7.05 Å². The van der Waals surface area contributed by atoms with E-state index in [0.29, 0.717) is 0 Å². The Morgan fingerprint density at radius 1 is 1.22 bits per heavy atom. The van der Waals surface area contributed by atoms with E-state index in [0.717, 1.165) is 29.1 Å². The fourth-order valence-corrected chi connectivity index (χ4v) is 2.34. The summed E-state index contributed by atoms with van der Waals surface area (Å²) in [7, 11) is -2.00. The van der Waals surface area contributed by atoms with Crippen LogP contribution in [0.2, 0.25) is 0 Å². The lowest BCUT2D eigenvalue weighted by Gasteiger charge is -2.12. The molecule has 98 valence electrons. The molecular formula is C14H19NO2S. The van der Waals surface area contributed by atoms with Crippen LogP contribution in [0.15, 0.2) is 29.2 Å². The molecule has 1 rings (SSSR count). The van der Waals surface area contributed by atoms with Gasteiger partial charge in [-0.1, -0.05) is 37.0 Å². The first kappa shape index (κ1) is 14.6. The van der Waals surface area contributed by atoms with Crippen LogP contribution < -0.4 is 0 Å². The first-order valence-corrected chi connectivity index (χ1v) is 7.46. The van der Waals surface area contributed by atoms with Gasteiger partial charge >= 0.3 is 0 Å². The Hall–Kier alpha value is -1.47. The summed E-state index contributed by atoms with van der Waals surface area (Å²) in [5.41, 5.74) is 1.03. The smallest absolute Gasteiger partial charge is 0.228 e. The van der Waals surface area contributed by atoms with Crippen molar-refractivity contribution < 1.29 is 8.42 Å². The Morgan fingerprint density at radius 3 is 2.39 bits per heavy atom. The molecule has 4 heteroatoms. The molecule has 18 heavy (non-hydrogen) atoms. The number of rotatable bonds is 4. The number of aryl methyl sites for hydroxylation is 1. The molecule has 0 bridgehead atoms. The molecule has 0 amide bonds. The molecule has 1 aromatic rings. The van der Waals surface area contributed by atoms with Gasteiger partial charge in [0.2, 0.25) is 0 Å². The van der Waals surface area contributed by atoms with E-state index in [4.69, 9.17) is 0 Å². The minimum atomic E-state index is -3.48. The Bertz CT molecular complexity index is 535. The lowest BCUT2D eigenvalue weighted by molar-refractivity contribution is 0.546. The quantitative estimate of drug-likeness (QED) is 0.477. The molecule has 0 N–H and O–H groups in total. The highest BCUT2D eigenvalue weighted by molar-refractivity contribution is 7.89. The molecule has 0 aromatic heterocycles. The van der Waals surface area contributed by atoms with E-state index in [1.54, 1.807) is 24.3 Å². The van der Waals surface area contributed by atoms with Gasteiger partial charge in [0.05, 0.1) is 4.90 Å². The molecule has 0 aliphatic carbocycles. The fourth-order valence-electron chi connectivity index (χ4n) is 1.36. The summed E-state index contributed by atoms with van der Waals surface area (Å²) in [5, 5.41) is 0. The third-order valence-electron chi connectivity index (χ3n) is 2.57. The highest BCUT2D eigenvalue weighted by atomic mass is 32.2. The summed E-state index contributed by atoms with van der Waals surface area (Å²) in [6.45, 7) is 4.00. The summed E-state index contributed by atoms with van der Waals surface area (Å²) in [6.07, 6.45) is 2.78. The number of nitrogens with zero attached hydrogens (tertiary/aromatic N) is 1. The third-order valence-corrected chi connectivity index (χ3v) is 4.25. The second-order valence-corrected chi connectivity index (χ2v) is 6.15. The van der Waals surface area contributed by atoms with Gasteiger partial charge in [-0.05, 0) is 25.5 Å². The second kappa shape index (κ2) is 6.46.